The van der Waals surface area contributed by atoms with E-state index < -0.39 is 0 Å². The van der Waals surface area contributed by atoms with Crippen LogP contribution in [0.3, 0.4) is 0 Å². The van der Waals surface area contributed by atoms with E-state index in [2.05, 4.69) is 21.3 Å². The van der Waals surface area contributed by atoms with Gasteiger partial charge >= 0.3 is 0 Å². The van der Waals surface area contributed by atoms with Crippen LogP contribution in [0.4, 0.5) is 11.4 Å². The van der Waals surface area contributed by atoms with Gasteiger partial charge in [0.15, 0.2) is 0 Å². The summed E-state index contributed by atoms with van der Waals surface area (Å²) in [4.78, 5) is 37.5. The Balaban J connectivity index is 1.57. The van der Waals surface area contributed by atoms with Crippen LogP contribution in [0.15, 0.2) is 42.5 Å². The van der Waals surface area contributed by atoms with Crippen LogP contribution >= 0.6 is 11.6 Å². The lowest BCUT2D eigenvalue weighted by molar-refractivity contribution is -0.114. The fourth-order valence-electron chi connectivity index (χ4n) is 3.86. The van der Waals surface area contributed by atoms with Gasteiger partial charge in [-0.05, 0) is 70.0 Å². The molecule has 0 aliphatic heterocycles. The monoisotopic (exact) mass is 484 g/mol. The molecule has 0 saturated heterocycles. The predicted molar refractivity (Wildman–Crippen MR) is 137 cm³/mol. The highest BCUT2D eigenvalue weighted by atomic mass is 35.5. The third-order valence-electron chi connectivity index (χ3n) is 5.50. The van der Waals surface area contributed by atoms with E-state index in [1.54, 1.807) is 42.5 Å². The van der Waals surface area contributed by atoms with E-state index in [0.717, 1.165) is 25.7 Å². The van der Waals surface area contributed by atoms with E-state index in [1.807, 2.05) is 20.8 Å². The first kappa shape index (κ1) is 25.6. The van der Waals surface area contributed by atoms with Crippen molar-refractivity contribution < 1.29 is 14.4 Å². The molecule has 0 spiro atoms. The molecule has 3 amide bonds. The molecule has 3 rings (SSSR count). The van der Waals surface area contributed by atoms with E-state index >= 15 is 0 Å². The predicted octanol–water partition coefficient (Wildman–Crippen LogP) is 4.98. The van der Waals surface area contributed by atoms with E-state index in [-0.39, 0.29) is 35.8 Å². The van der Waals surface area contributed by atoms with Crippen LogP contribution in [0.2, 0.25) is 5.02 Å². The minimum atomic E-state index is -0.356. The van der Waals surface area contributed by atoms with Gasteiger partial charge in [-0.1, -0.05) is 36.9 Å². The second-order valence-corrected chi connectivity index (χ2v) is 10.1. The van der Waals surface area contributed by atoms with Crippen LogP contribution in [0.5, 0.6) is 0 Å². The van der Waals surface area contributed by atoms with Gasteiger partial charge in [-0.3, -0.25) is 14.4 Å². The summed E-state index contributed by atoms with van der Waals surface area (Å²) < 4.78 is 0. The van der Waals surface area contributed by atoms with Crippen molar-refractivity contribution in [1.29, 1.82) is 0 Å². The second-order valence-electron chi connectivity index (χ2n) is 9.69. The van der Waals surface area contributed by atoms with Crippen molar-refractivity contribution in [2.24, 2.45) is 0 Å². The number of carbonyl (C=O) groups excluding carboxylic acids is 3. The van der Waals surface area contributed by atoms with E-state index in [1.165, 1.54) is 6.42 Å². The lowest BCUT2D eigenvalue weighted by atomic mass is 9.95. The maximum absolute atomic E-state index is 12.7. The first-order chi connectivity index (χ1) is 16.1. The molecule has 1 fully saturated rings. The van der Waals surface area contributed by atoms with Gasteiger partial charge in [0.2, 0.25) is 5.91 Å². The topological polar surface area (TPSA) is 99.3 Å². The number of hydrogen-bond acceptors (Lipinski definition) is 4. The third-order valence-corrected chi connectivity index (χ3v) is 5.83. The standard InChI is InChI=1S/C26H33ClN4O3/c1-26(2,3)31-24(33)17-8-7-11-20(14-17)29-23(32)16-28-19-12-13-22(27)21(15-19)25(34)30-18-9-5-4-6-10-18/h7-8,11-15,18,28H,4-6,9-10,16H2,1-3H3,(H,29,32)(H,30,34)(H,31,33). The van der Waals surface area contributed by atoms with Gasteiger partial charge in [-0.2, -0.15) is 0 Å². The van der Waals surface area contributed by atoms with Gasteiger partial charge in [-0.15, -0.1) is 0 Å². The van der Waals surface area contributed by atoms with Crippen molar-refractivity contribution in [1.82, 2.24) is 10.6 Å². The first-order valence-electron chi connectivity index (χ1n) is 11.7. The van der Waals surface area contributed by atoms with Crippen LogP contribution < -0.4 is 21.3 Å². The Morgan fingerprint density at radius 1 is 0.941 bits per heavy atom. The van der Waals surface area contributed by atoms with Crippen LogP contribution in [-0.2, 0) is 4.79 Å². The average Bonchev–Trinajstić information content (AvgIpc) is 2.78. The lowest BCUT2D eigenvalue weighted by Crippen LogP contribution is -2.40. The Labute approximate surface area is 206 Å². The summed E-state index contributed by atoms with van der Waals surface area (Å²) in [6.07, 6.45) is 5.43. The minimum absolute atomic E-state index is 0.0102. The highest BCUT2D eigenvalue weighted by molar-refractivity contribution is 6.34. The number of rotatable bonds is 7. The number of anilines is 2. The van der Waals surface area contributed by atoms with Gasteiger partial charge in [0.25, 0.3) is 11.8 Å². The van der Waals surface area contributed by atoms with Crippen LogP contribution in [-0.4, -0.2) is 35.8 Å². The zero-order valence-corrected chi connectivity index (χ0v) is 20.7. The molecule has 0 radical (unpaired) electrons. The van der Waals surface area contributed by atoms with Crippen molar-refractivity contribution in [2.75, 3.05) is 17.2 Å². The Morgan fingerprint density at radius 2 is 1.68 bits per heavy atom. The maximum Gasteiger partial charge on any atom is 0.253 e. The van der Waals surface area contributed by atoms with Crippen molar-refractivity contribution >= 4 is 40.7 Å². The molecule has 2 aromatic rings. The molecule has 1 aliphatic carbocycles. The van der Waals surface area contributed by atoms with Gasteiger partial charge in [0.05, 0.1) is 17.1 Å². The summed E-state index contributed by atoms with van der Waals surface area (Å²) in [5.74, 6) is -0.686. The maximum atomic E-state index is 12.7. The molecule has 7 nitrogen and oxygen atoms in total. The SMILES string of the molecule is CC(C)(C)NC(=O)c1cccc(NC(=O)CNc2ccc(Cl)c(C(=O)NC3CCCCC3)c2)c1. The normalized spacial score (nSPS) is 14.2. The average molecular weight is 485 g/mol. The van der Waals surface area contributed by atoms with Crippen molar-refractivity contribution in [2.45, 2.75) is 64.5 Å². The fraction of sp³-hybridized carbons (Fsp3) is 0.423. The van der Waals surface area contributed by atoms with E-state index in [0.29, 0.717) is 27.5 Å². The van der Waals surface area contributed by atoms with Gasteiger partial charge in [0, 0.05) is 28.5 Å². The molecule has 8 heteroatoms. The van der Waals surface area contributed by atoms with Gasteiger partial charge < -0.3 is 21.3 Å². The summed E-state index contributed by atoms with van der Waals surface area (Å²) in [5, 5.41) is 12.2. The first-order valence-corrected chi connectivity index (χ1v) is 12.1. The summed E-state index contributed by atoms with van der Waals surface area (Å²) >= 11 is 6.26. The Bertz CT molecular complexity index is 1040. The number of nitrogens with one attached hydrogen (secondary N) is 4. The highest BCUT2D eigenvalue weighted by Gasteiger charge is 2.19. The number of benzene rings is 2. The summed E-state index contributed by atoms with van der Waals surface area (Å²) in [5.41, 5.74) is 1.64. The molecule has 0 bridgehead atoms. The van der Waals surface area contributed by atoms with Crippen molar-refractivity contribution in [3.8, 4) is 0 Å². The lowest BCUT2D eigenvalue weighted by Gasteiger charge is -2.23. The fourth-order valence-corrected chi connectivity index (χ4v) is 4.06. The molecule has 1 aliphatic rings. The van der Waals surface area contributed by atoms with Crippen LogP contribution in [0, 0.1) is 0 Å². The minimum Gasteiger partial charge on any atom is -0.376 e. The second kappa shape index (κ2) is 11.4. The molecule has 2 aromatic carbocycles. The summed E-state index contributed by atoms with van der Waals surface area (Å²) in [6.45, 7) is 5.71. The summed E-state index contributed by atoms with van der Waals surface area (Å²) in [7, 11) is 0. The molecular formula is C26H33ClN4O3. The summed E-state index contributed by atoms with van der Waals surface area (Å²) in [6, 6.07) is 12.0. The van der Waals surface area contributed by atoms with Crippen LogP contribution in [0.25, 0.3) is 0 Å². The molecule has 0 atom stereocenters. The van der Waals surface area contributed by atoms with Gasteiger partial charge in [0.1, 0.15) is 0 Å². The quantitative estimate of drug-likeness (QED) is 0.445. The number of halogens is 1. The number of amides is 3. The molecule has 0 aromatic heterocycles. The smallest absolute Gasteiger partial charge is 0.253 e. The zero-order valence-electron chi connectivity index (χ0n) is 20.0. The Morgan fingerprint density at radius 3 is 2.38 bits per heavy atom. The molecule has 1 saturated carbocycles. The number of carbonyl (C=O) groups is 3. The zero-order chi connectivity index (χ0) is 24.7. The van der Waals surface area contributed by atoms with Crippen LogP contribution in [0.1, 0.15) is 73.6 Å². The van der Waals surface area contributed by atoms with E-state index in [4.69, 9.17) is 11.6 Å². The van der Waals surface area contributed by atoms with E-state index in [9.17, 15) is 14.4 Å². The molecule has 0 heterocycles. The molecule has 182 valence electrons. The molecule has 34 heavy (non-hydrogen) atoms. The third kappa shape index (κ3) is 7.76. The highest BCUT2D eigenvalue weighted by Crippen LogP contribution is 2.23. The van der Waals surface area contributed by atoms with Crippen molar-refractivity contribution in [3.05, 3.63) is 58.6 Å². The Hall–Kier alpha value is -3.06. The molecule has 0 unspecified atom stereocenters. The van der Waals surface area contributed by atoms with Gasteiger partial charge in [-0.25, -0.2) is 0 Å². The Kier molecular flexibility index (Phi) is 8.56. The van der Waals surface area contributed by atoms with Crippen molar-refractivity contribution in [3.63, 3.8) is 0 Å². The molecule has 4 N–H and O–H groups in total. The molecular weight excluding hydrogens is 452 g/mol. The number of hydrogen-bond donors (Lipinski definition) is 4. The largest absolute Gasteiger partial charge is 0.376 e.